The van der Waals surface area contributed by atoms with E-state index in [1.807, 2.05) is 0 Å². The zero-order valence-corrected chi connectivity index (χ0v) is 21.1. The van der Waals surface area contributed by atoms with Crippen molar-refractivity contribution in [3.05, 3.63) is 23.8 Å². The summed E-state index contributed by atoms with van der Waals surface area (Å²) in [6.45, 7) is 5.37. The first-order valence-corrected chi connectivity index (χ1v) is 14.0. The first kappa shape index (κ1) is 24.9. The van der Waals surface area contributed by atoms with Gasteiger partial charge in [0, 0.05) is 25.3 Å². The molecule has 0 saturated carbocycles. The van der Waals surface area contributed by atoms with Crippen LogP contribution in [0.4, 0.5) is 5.13 Å². The number of aryl methyl sites for hydroxylation is 1. The molecule has 2 heterocycles. The number of carbonyl (C=O) groups is 1. The predicted octanol–water partition coefficient (Wildman–Crippen LogP) is 4.04. The van der Waals surface area contributed by atoms with Gasteiger partial charge in [-0.05, 0) is 48.9 Å². The number of nitrogens with one attached hydrogen (secondary N) is 1. The molecule has 0 unspecified atom stereocenters. The molecule has 1 aliphatic heterocycles. The molecule has 176 valence electrons. The Labute approximate surface area is 198 Å². The van der Waals surface area contributed by atoms with Crippen LogP contribution in [-0.4, -0.2) is 54.8 Å². The molecule has 0 atom stereocenters. The molecule has 0 aliphatic carbocycles. The number of piperidine rings is 1. The van der Waals surface area contributed by atoms with E-state index in [4.69, 9.17) is 4.74 Å². The van der Waals surface area contributed by atoms with E-state index in [0.717, 1.165) is 29.4 Å². The number of aromatic nitrogens is 2. The van der Waals surface area contributed by atoms with Gasteiger partial charge in [0.15, 0.2) is 4.34 Å². The average molecular weight is 499 g/mol. The minimum absolute atomic E-state index is 0.178. The fraction of sp³-hybridized carbons (Fsp3) is 0.571. The Bertz CT molecular complexity index is 1020. The minimum atomic E-state index is -3.55. The van der Waals surface area contributed by atoms with Crippen LogP contribution >= 0.6 is 23.1 Å². The Morgan fingerprint density at radius 1 is 1.25 bits per heavy atom. The number of anilines is 1. The van der Waals surface area contributed by atoms with Crippen molar-refractivity contribution in [3.8, 4) is 5.75 Å². The van der Waals surface area contributed by atoms with Crippen molar-refractivity contribution in [2.24, 2.45) is 5.92 Å². The fourth-order valence-corrected chi connectivity index (χ4v) is 6.66. The van der Waals surface area contributed by atoms with Crippen molar-refractivity contribution in [1.82, 2.24) is 14.5 Å². The summed E-state index contributed by atoms with van der Waals surface area (Å²) in [5.41, 5.74) is 0.686. The summed E-state index contributed by atoms with van der Waals surface area (Å²) in [5.74, 6) is 1.86. The van der Waals surface area contributed by atoms with Gasteiger partial charge in [-0.3, -0.25) is 4.79 Å². The number of thioether (sulfide) groups is 1. The average Bonchev–Trinajstić information content (AvgIpc) is 3.23. The number of benzene rings is 1. The maximum atomic E-state index is 13.0. The number of amides is 1. The molecule has 2 aromatic rings. The molecule has 1 aromatic carbocycles. The van der Waals surface area contributed by atoms with E-state index in [0.29, 0.717) is 41.9 Å². The second kappa shape index (κ2) is 11.4. The van der Waals surface area contributed by atoms with Crippen LogP contribution in [0, 0.1) is 5.92 Å². The molecule has 8 nitrogen and oxygen atoms in total. The lowest BCUT2D eigenvalue weighted by Gasteiger charge is -2.26. The number of sulfonamides is 1. The second-order valence-corrected chi connectivity index (χ2v) is 12.2. The zero-order valence-electron chi connectivity index (χ0n) is 18.7. The normalized spacial score (nSPS) is 15.1. The topological polar surface area (TPSA) is 101 Å². The largest absolute Gasteiger partial charge is 0.496 e. The summed E-state index contributed by atoms with van der Waals surface area (Å²) in [5, 5.41) is 11.4. The van der Waals surface area contributed by atoms with E-state index < -0.39 is 10.0 Å². The lowest BCUT2D eigenvalue weighted by molar-refractivity contribution is -0.116. The third-order valence-electron chi connectivity index (χ3n) is 5.02. The van der Waals surface area contributed by atoms with Crippen LogP contribution in [0.2, 0.25) is 0 Å². The van der Waals surface area contributed by atoms with Crippen LogP contribution < -0.4 is 10.1 Å². The van der Waals surface area contributed by atoms with E-state index in [-0.39, 0.29) is 17.2 Å². The molecular weight excluding hydrogens is 468 g/mol. The van der Waals surface area contributed by atoms with Gasteiger partial charge in [-0.25, -0.2) is 8.42 Å². The van der Waals surface area contributed by atoms with Crippen LogP contribution in [0.15, 0.2) is 27.4 Å². The first-order valence-electron chi connectivity index (χ1n) is 10.7. The van der Waals surface area contributed by atoms with E-state index in [9.17, 15) is 13.2 Å². The Balaban J connectivity index is 1.63. The molecule has 32 heavy (non-hydrogen) atoms. The summed E-state index contributed by atoms with van der Waals surface area (Å²) in [4.78, 5) is 12.7. The number of methoxy groups -OCH3 is 1. The van der Waals surface area contributed by atoms with Crippen molar-refractivity contribution in [2.45, 2.75) is 55.2 Å². The minimum Gasteiger partial charge on any atom is -0.496 e. The maximum absolute atomic E-state index is 13.0. The fourth-order valence-electron chi connectivity index (χ4n) is 3.35. The van der Waals surface area contributed by atoms with Gasteiger partial charge in [0.1, 0.15) is 5.75 Å². The molecule has 0 bridgehead atoms. The molecule has 0 radical (unpaired) electrons. The number of ether oxygens (including phenoxy) is 1. The smallest absolute Gasteiger partial charge is 0.243 e. The van der Waals surface area contributed by atoms with E-state index in [2.05, 4.69) is 29.4 Å². The van der Waals surface area contributed by atoms with Gasteiger partial charge < -0.3 is 10.1 Å². The summed E-state index contributed by atoms with van der Waals surface area (Å²) >= 11 is 2.98. The van der Waals surface area contributed by atoms with Gasteiger partial charge in [-0.15, -0.1) is 10.2 Å². The summed E-state index contributed by atoms with van der Waals surface area (Å²) < 4.78 is 33.8. The molecular formula is C21H30N4O4S3. The Morgan fingerprint density at radius 3 is 2.69 bits per heavy atom. The first-order chi connectivity index (χ1) is 15.3. The van der Waals surface area contributed by atoms with Gasteiger partial charge in [0.2, 0.25) is 21.1 Å². The Morgan fingerprint density at radius 2 is 2.00 bits per heavy atom. The Kier molecular flexibility index (Phi) is 8.92. The quantitative estimate of drug-likeness (QED) is 0.390. The molecule has 1 amide bonds. The summed E-state index contributed by atoms with van der Waals surface area (Å²) in [6, 6.07) is 4.86. The van der Waals surface area contributed by atoms with Crippen LogP contribution in [0.5, 0.6) is 5.75 Å². The van der Waals surface area contributed by atoms with Crippen molar-refractivity contribution in [1.29, 1.82) is 0 Å². The molecule has 3 rings (SSSR count). The van der Waals surface area contributed by atoms with Gasteiger partial charge in [-0.1, -0.05) is 43.4 Å². The van der Waals surface area contributed by atoms with Gasteiger partial charge >= 0.3 is 0 Å². The number of hydrogen-bond acceptors (Lipinski definition) is 8. The second-order valence-electron chi connectivity index (χ2n) is 8.06. The molecule has 1 fully saturated rings. The SMILES string of the molecule is COc1ccc(S(=O)(=O)N2CCCCC2)cc1CCC(=O)Nc1nnc(SCC(C)C)s1. The van der Waals surface area contributed by atoms with E-state index in [1.54, 1.807) is 34.3 Å². The molecule has 0 spiro atoms. The Hall–Kier alpha value is -1.69. The zero-order chi connectivity index (χ0) is 23.1. The summed E-state index contributed by atoms with van der Waals surface area (Å²) in [7, 11) is -2.01. The van der Waals surface area contributed by atoms with Crippen molar-refractivity contribution in [2.75, 3.05) is 31.3 Å². The number of carbonyl (C=O) groups excluding carboxylic acids is 1. The van der Waals surface area contributed by atoms with Crippen molar-refractivity contribution >= 4 is 44.2 Å². The van der Waals surface area contributed by atoms with Crippen molar-refractivity contribution in [3.63, 3.8) is 0 Å². The third-order valence-corrected chi connectivity index (χ3v) is 9.31. The number of rotatable bonds is 10. The van der Waals surface area contributed by atoms with Gasteiger partial charge in [0.25, 0.3) is 0 Å². The highest BCUT2D eigenvalue weighted by atomic mass is 32.2. The lowest BCUT2D eigenvalue weighted by Crippen LogP contribution is -2.35. The van der Waals surface area contributed by atoms with Gasteiger partial charge in [-0.2, -0.15) is 4.31 Å². The number of nitrogens with zero attached hydrogens (tertiary/aromatic N) is 3. The molecule has 1 saturated heterocycles. The maximum Gasteiger partial charge on any atom is 0.243 e. The van der Waals surface area contributed by atoms with E-state index >= 15 is 0 Å². The third kappa shape index (κ3) is 6.66. The summed E-state index contributed by atoms with van der Waals surface area (Å²) in [6.07, 6.45) is 3.35. The van der Waals surface area contributed by atoms with Gasteiger partial charge in [0.05, 0.1) is 12.0 Å². The standard InChI is InChI=1S/C21H30N4O4S3/c1-15(2)14-30-21-24-23-20(31-21)22-19(26)10-7-16-13-17(8-9-18(16)29-3)32(27,28)25-11-5-4-6-12-25/h8-9,13,15H,4-7,10-12,14H2,1-3H3,(H,22,23,26). The van der Waals surface area contributed by atoms with Crippen molar-refractivity contribution < 1.29 is 17.9 Å². The highest BCUT2D eigenvalue weighted by molar-refractivity contribution is 8.01. The van der Waals surface area contributed by atoms with E-state index in [1.165, 1.54) is 18.4 Å². The molecule has 1 N–H and O–H groups in total. The molecule has 1 aromatic heterocycles. The van der Waals surface area contributed by atoms with Crippen LogP contribution in [0.25, 0.3) is 0 Å². The highest BCUT2D eigenvalue weighted by Crippen LogP contribution is 2.29. The lowest BCUT2D eigenvalue weighted by atomic mass is 10.1. The van der Waals surface area contributed by atoms with Crippen LogP contribution in [0.3, 0.4) is 0 Å². The van der Waals surface area contributed by atoms with Crippen LogP contribution in [-0.2, 0) is 21.2 Å². The molecule has 1 aliphatic rings. The molecule has 11 heteroatoms. The predicted molar refractivity (Wildman–Crippen MR) is 128 cm³/mol. The van der Waals surface area contributed by atoms with Crippen LogP contribution in [0.1, 0.15) is 45.1 Å². The highest BCUT2D eigenvalue weighted by Gasteiger charge is 2.26. The monoisotopic (exact) mass is 498 g/mol. The number of hydrogen-bond donors (Lipinski definition) is 1.